The van der Waals surface area contributed by atoms with Gasteiger partial charge >= 0.3 is 0 Å². The van der Waals surface area contributed by atoms with E-state index >= 15 is 0 Å². The third-order valence-electron chi connectivity index (χ3n) is 4.53. The molecule has 1 saturated heterocycles. The lowest BCUT2D eigenvalue weighted by Gasteiger charge is -2.32. The van der Waals surface area contributed by atoms with Crippen molar-refractivity contribution >= 4 is 11.8 Å². The number of hydrogen-bond acceptors (Lipinski definition) is 5. The van der Waals surface area contributed by atoms with E-state index in [9.17, 15) is 4.79 Å². The summed E-state index contributed by atoms with van der Waals surface area (Å²) in [4.78, 5) is 14.5. The zero-order chi connectivity index (χ0) is 17.1. The molecule has 0 radical (unpaired) electrons. The van der Waals surface area contributed by atoms with Crippen molar-refractivity contribution < 1.29 is 9.32 Å². The van der Waals surface area contributed by atoms with Crippen LogP contribution in [0, 0.1) is 0 Å². The van der Waals surface area contributed by atoms with Crippen molar-refractivity contribution in [1.82, 2.24) is 19.8 Å². The Bertz CT molecular complexity index is 691. The monoisotopic (exact) mass is 331 g/mol. The number of likely N-dealkylation sites (tertiary alicyclic amines) is 1. The number of nitrogens with zero attached hydrogens (tertiary/aromatic N) is 4. The van der Waals surface area contributed by atoms with Crippen LogP contribution < -0.4 is 5.32 Å². The summed E-state index contributed by atoms with van der Waals surface area (Å²) in [7, 11) is 1.97. The highest BCUT2D eigenvalue weighted by Gasteiger charge is 2.25. The molecule has 24 heavy (non-hydrogen) atoms. The van der Waals surface area contributed by atoms with Crippen LogP contribution in [0.4, 0.5) is 5.88 Å². The lowest BCUT2D eigenvalue weighted by Crippen LogP contribution is -2.40. The number of hydrogen-bond donors (Lipinski definition) is 1. The summed E-state index contributed by atoms with van der Waals surface area (Å²) >= 11 is 0. The standard InChI is InChI=1S/C17H25N5O2/c1-12(2)14-9-17(24-20-14)19-16(23)11-22-8-4-5-13(10-22)15-6-7-18-21(15)3/h6-7,9,12-13H,4-5,8,10-11H2,1-3H3,(H,19,23)/t13-/m0/s1. The van der Waals surface area contributed by atoms with E-state index < -0.39 is 0 Å². The Morgan fingerprint density at radius 3 is 3.00 bits per heavy atom. The lowest BCUT2D eigenvalue weighted by atomic mass is 9.94. The Kier molecular flexibility index (Phi) is 4.99. The predicted octanol–water partition coefficient (Wildman–Crippen LogP) is 2.35. The van der Waals surface area contributed by atoms with Gasteiger partial charge in [-0.2, -0.15) is 5.10 Å². The second-order valence-electron chi connectivity index (χ2n) is 6.77. The van der Waals surface area contributed by atoms with Crippen molar-refractivity contribution in [2.75, 3.05) is 25.0 Å². The smallest absolute Gasteiger partial charge is 0.240 e. The van der Waals surface area contributed by atoms with Crippen LogP contribution in [0.2, 0.25) is 0 Å². The number of aryl methyl sites for hydroxylation is 1. The average Bonchev–Trinajstić information content (AvgIpc) is 3.16. The maximum absolute atomic E-state index is 12.3. The van der Waals surface area contributed by atoms with E-state index in [2.05, 4.69) is 26.5 Å². The molecule has 0 aromatic carbocycles. The minimum absolute atomic E-state index is 0.0629. The highest BCUT2D eigenvalue weighted by Crippen LogP contribution is 2.26. The third kappa shape index (κ3) is 3.84. The number of rotatable bonds is 5. The Morgan fingerprint density at radius 1 is 1.50 bits per heavy atom. The number of amides is 1. The van der Waals surface area contributed by atoms with Gasteiger partial charge in [-0.3, -0.25) is 19.7 Å². The summed E-state index contributed by atoms with van der Waals surface area (Å²) in [5, 5.41) is 11.0. The molecule has 0 spiro atoms. The normalized spacial score (nSPS) is 18.9. The SMILES string of the molecule is CC(C)c1cc(NC(=O)CN2CCC[C@H](c3ccnn3C)C2)on1. The summed E-state index contributed by atoms with van der Waals surface area (Å²) in [6.45, 7) is 6.26. The minimum Gasteiger partial charge on any atom is -0.338 e. The largest absolute Gasteiger partial charge is 0.338 e. The van der Waals surface area contributed by atoms with Gasteiger partial charge in [-0.25, -0.2) is 0 Å². The van der Waals surface area contributed by atoms with E-state index in [1.54, 1.807) is 6.07 Å². The molecule has 1 aliphatic rings. The topological polar surface area (TPSA) is 76.2 Å². The van der Waals surface area contributed by atoms with Crippen LogP contribution in [-0.2, 0) is 11.8 Å². The van der Waals surface area contributed by atoms with Crippen molar-refractivity contribution in [3.8, 4) is 0 Å². The first-order chi connectivity index (χ1) is 11.5. The molecule has 0 aliphatic carbocycles. The van der Waals surface area contributed by atoms with Crippen LogP contribution >= 0.6 is 0 Å². The van der Waals surface area contributed by atoms with E-state index in [4.69, 9.17) is 4.52 Å². The first-order valence-electron chi connectivity index (χ1n) is 8.49. The quantitative estimate of drug-likeness (QED) is 0.910. The second-order valence-corrected chi connectivity index (χ2v) is 6.77. The summed E-state index contributed by atoms with van der Waals surface area (Å²) in [6.07, 6.45) is 4.05. The van der Waals surface area contributed by atoms with Gasteiger partial charge in [0.2, 0.25) is 11.8 Å². The van der Waals surface area contributed by atoms with Gasteiger partial charge in [-0.05, 0) is 31.4 Å². The van der Waals surface area contributed by atoms with Gasteiger partial charge in [0.25, 0.3) is 0 Å². The first kappa shape index (κ1) is 16.7. The molecular formula is C17H25N5O2. The number of piperidine rings is 1. The fourth-order valence-corrected chi connectivity index (χ4v) is 3.23. The first-order valence-corrected chi connectivity index (χ1v) is 8.49. The van der Waals surface area contributed by atoms with Crippen LogP contribution in [0.3, 0.4) is 0 Å². The summed E-state index contributed by atoms with van der Waals surface area (Å²) in [6, 6.07) is 3.85. The van der Waals surface area contributed by atoms with Crippen molar-refractivity contribution in [3.63, 3.8) is 0 Å². The van der Waals surface area contributed by atoms with E-state index in [-0.39, 0.29) is 11.8 Å². The fourth-order valence-electron chi connectivity index (χ4n) is 3.23. The van der Waals surface area contributed by atoms with E-state index in [0.717, 1.165) is 31.6 Å². The van der Waals surface area contributed by atoms with Gasteiger partial charge in [0.15, 0.2) is 0 Å². The number of carbonyl (C=O) groups is 1. The average molecular weight is 331 g/mol. The summed E-state index contributed by atoms with van der Waals surface area (Å²) in [5.74, 6) is 1.06. The molecule has 1 atom stereocenters. The van der Waals surface area contributed by atoms with Crippen molar-refractivity contribution in [2.45, 2.75) is 38.5 Å². The van der Waals surface area contributed by atoms with Crippen molar-refractivity contribution in [3.05, 3.63) is 29.7 Å². The Morgan fingerprint density at radius 2 is 2.33 bits per heavy atom. The molecular weight excluding hydrogens is 306 g/mol. The Balaban J connectivity index is 1.55. The zero-order valence-electron chi connectivity index (χ0n) is 14.5. The fraction of sp³-hybridized carbons (Fsp3) is 0.588. The highest BCUT2D eigenvalue weighted by atomic mass is 16.5. The molecule has 1 amide bonds. The minimum atomic E-state index is -0.0629. The van der Waals surface area contributed by atoms with Gasteiger partial charge in [0, 0.05) is 37.5 Å². The summed E-state index contributed by atoms with van der Waals surface area (Å²) < 4.78 is 7.10. The van der Waals surface area contributed by atoms with Crippen LogP contribution in [0.15, 0.2) is 22.9 Å². The molecule has 3 heterocycles. The predicted molar refractivity (Wildman–Crippen MR) is 90.8 cm³/mol. The van der Waals surface area contributed by atoms with Crippen LogP contribution in [0.5, 0.6) is 0 Å². The number of anilines is 1. The van der Waals surface area contributed by atoms with Crippen molar-refractivity contribution in [1.29, 1.82) is 0 Å². The molecule has 2 aromatic rings. The number of aromatic nitrogens is 3. The Hall–Kier alpha value is -2.15. The molecule has 0 saturated carbocycles. The van der Waals surface area contributed by atoms with Gasteiger partial charge in [-0.1, -0.05) is 19.0 Å². The van der Waals surface area contributed by atoms with Crippen LogP contribution in [0.1, 0.15) is 49.9 Å². The second kappa shape index (κ2) is 7.17. The molecule has 1 N–H and O–H groups in total. The molecule has 0 unspecified atom stereocenters. The van der Waals surface area contributed by atoms with E-state index in [1.807, 2.05) is 31.8 Å². The Labute approximate surface area is 142 Å². The van der Waals surface area contributed by atoms with E-state index in [0.29, 0.717) is 18.3 Å². The molecule has 2 aromatic heterocycles. The molecule has 1 aliphatic heterocycles. The molecule has 7 heteroatoms. The van der Waals surface area contributed by atoms with Gasteiger partial charge in [0.1, 0.15) is 0 Å². The lowest BCUT2D eigenvalue weighted by molar-refractivity contribution is -0.117. The molecule has 1 fully saturated rings. The zero-order valence-corrected chi connectivity index (χ0v) is 14.5. The number of nitrogens with one attached hydrogen (secondary N) is 1. The van der Waals surface area contributed by atoms with Crippen LogP contribution in [0.25, 0.3) is 0 Å². The van der Waals surface area contributed by atoms with Gasteiger partial charge in [0.05, 0.1) is 12.2 Å². The molecule has 130 valence electrons. The highest BCUT2D eigenvalue weighted by molar-refractivity contribution is 5.91. The van der Waals surface area contributed by atoms with Gasteiger partial charge < -0.3 is 4.52 Å². The van der Waals surface area contributed by atoms with Crippen molar-refractivity contribution in [2.24, 2.45) is 7.05 Å². The third-order valence-corrected chi connectivity index (χ3v) is 4.53. The summed E-state index contributed by atoms with van der Waals surface area (Å²) in [5.41, 5.74) is 2.08. The maximum atomic E-state index is 12.3. The number of carbonyl (C=O) groups excluding carboxylic acids is 1. The molecule has 3 rings (SSSR count). The van der Waals surface area contributed by atoms with Gasteiger partial charge in [-0.15, -0.1) is 0 Å². The van der Waals surface area contributed by atoms with E-state index in [1.165, 1.54) is 5.69 Å². The maximum Gasteiger partial charge on any atom is 0.240 e. The molecule has 0 bridgehead atoms. The van der Waals surface area contributed by atoms with Crippen LogP contribution in [-0.4, -0.2) is 45.4 Å². The molecule has 7 nitrogen and oxygen atoms in total.